The molecular weight excluding hydrogens is 226 g/mol. The fourth-order valence-electron chi connectivity index (χ4n) is 1.87. The Hall–Kier alpha value is -2.23. The van der Waals surface area contributed by atoms with Gasteiger partial charge in [0.25, 0.3) is 5.89 Å². The van der Waals surface area contributed by atoms with Crippen LogP contribution in [0.2, 0.25) is 0 Å². The molecule has 0 fully saturated rings. The highest BCUT2D eigenvalue weighted by atomic mass is 16.4. The van der Waals surface area contributed by atoms with Crippen molar-refractivity contribution >= 4 is 11.9 Å². The predicted octanol–water partition coefficient (Wildman–Crippen LogP) is 3.25. The van der Waals surface area contributed by atoms with Crippen molar-refractivity contribution in [1.82, 2.24) is 10.2 Å². The van der Waals surface area contributed by atoms with E-state index in [-0.39, 0.29) is 0 Å². The first kappa shape index (κ1) is 10.9. The first-order chi connectivity index (χ1) is 8.83. The van der Waals surface area contributed by atoms with Crippen LogP contribution in [0, 0.1) is 6.92 Å². The number of rotatable bonds is 2. The van der Waals surface area contributed by atoms with Gasteiger partial charge < -0.3 is 4.42 Å². The van der Waals surface area contributed by atoms with E-state index >= 15 is 0 Å². The molecule has 90 valence electrons. The van der Waals surface area contributed by atoms with E-state index in [9.17, 15) is 0 Å². The van der Waals surface area contributed by atoms with Gasteiger partial charge in [0.05, 0.1) is 0 Å². The van der Waals surface area contributed by atoms with Crippen molar-refractivity contribution in [3.05, 3.63) is 41.8 Å². The van der Waals surface area contributed by atoms with Gasteiger partial charge in [0.1, 0.15) is 5.70 Å². The molecule has 0 atom stereocenters. The van der Waals surface area contributed by atoms with Crippen LogP contribution in [-0.4, -0.2) is 16.4 Å². The third kappa shape index (κ3) is 2.09. The Bertz CT molecular complexity index is 625. The average Bonchev–Trinajstić information content (AvgIpc) is 2.89. The molecule has 2 heterocycles. The molecule has 1 aliphatic rings. The zero-order chi connectivity index (χ0) is 12.4. The van der Waals surface area contributed by atoms with Crippen molar-refractivity contribution in [2.75, 3.05) is 0 Å². The molecule has 0 amide bonds. The van der Waals surface area contributed by atoms with Gasteiger partial charge in [0, 0.05) is 11.8 Å². The maximum absolute atomic E-state index is 5.66. The van der Waals surface area contributed by atoms with E-state index in [0.29, 0.717) is 11.8 Å². The first-order valence-electron chi connectivity index (χ1n) is 5.96. The number of benzene rings is 1. The van der Waals surface area contributed by atoms with Gasteiger partial charge in [-0.15, -0.1) is 10.2 Å². The minimum Gasteiger partial charge on any atom is -0.415 e. The largest absolute Gasteiger partial charge is 0.415 e. The maximum Gasteiger partial charge on any atom is 0.266 e. The molecule has 4 nitrogen and oxygen atoms in total. The zero-order valence-corrected chi connectivity index (χ0v) is 10.1. The van der Waals surface area contributed by atoms with Gasteiger partial charge in [0.2, 0.25) is 5.89 Å². The Morgan fingerprint density at radius 3 is 2.78 bits per heavy atom. The van der Waals surface area contributed by atoms with Crippen molar-refractivity contribution in [1.29, 1.82) is 0 Å². The Balaban J connectivity index is 1.94. The molecule has 4 heteroatoms. The van der Waals surface area contributed by atoms with Gasteiger partial charge in [-0.2, -0.15) is 0 Å². The van der Waals surface area contributed by atoms with Crippen LogP contribution in [0.4, 0.5) is 0 Å². The lowest BCUT2D eigenvalue weighted by molar-refractivity contribution is 0.551. The summed E-state index contributed by atoms with van der Waals surface area (Å²) in [5.41, 5.74) is 2.88. The number of allylic oxidation sites excluding steroid dienone is 1. The van der Waals surface area contributed by atoms with Crippen LogP contribution >= 0.6 is 0 Å². The van der Waals surface area contributed by atoms with E-state index in [1.807, 2.05) is 43.5 Å². The van der Waals surface area contributed by atoms with Gasteiger partial charge in [-0.3, -0.25) is 4.99 Å². The lowest BCUT2D eigenvalue weighted by Gasteiger charge is -2.00. The van der Waals surface area contributed by atoms with E-state index in [1.54, 1.807) is 0 Å². The van der Waals surface area contributed by atoms with E-state index in [0.717, 1.165) is 24.1 Å². The fraction of sp³-hybridized carbons (Fsp3) is 0.214. The van der Waals surface area contributed by atoms with Crippen molar-refractivity contribution in [3.8, 4) is 11.5 Å². The van der Waals surface area contributed by atoms with Crippen molar-refractivity contribution in [2.45, 2.75) is 19.8 Å². The SMILES string of the molecule is Cc1cccc(-c2nnc(C3=CCCC=N3)o2)c1. The topological polar surface area (TPSA) is 51.3 Å². The van der Waals surface area contributed by atoms with Crippen molar-refractivity contribution in [2.24, 2.45) is 4.99 Å². The Labute approximate surface area is 105 Å². The fourth-order valence-corrected chi connectivity index (χ4v) is 1.87. The smallest absolute Gasteiger partial charge is 0.266 e. The molecule has 0 bridgehead atoms. The number of aliphatic imine (C=N–C) groups is 1. The van der Waals surface area contributed by atoms with Crippen LogP contribution in [0.25, 0.3) is 17.2 Å². The molecule has 1 aliphatic heterocycles. The maximum atomic E-state index is 5.66. The van der Waals surface area contributed by atoms with Gasteiger partial charge in [-0.05, 0) is 31.9 Å². The van der Waals surface area contributed by atoms with Gasteiger partial charge >= 0.3 is 0 Å². The summed E-state index contributed by atoms with van der Waals surface area (Å²) in [5.74, 6) is 1.03. The Morgan fingerprint density at radius 1 is 1.11 bits per heavy atom. The van der Waals surface area contributed by atoms with Crippen LogP contribution in [0.5, 0.6) is 0 Å². The molecule has 1 aromatic heterocycles. The molecule has 0 unspecified atom stereocenters. The standard InChI is InChI=1S/C14H13N3O/c1-10-5-4-6-11(9-10)13-16-17-14(18-13)12-7-2-3-8-15-12/h4-9H,2-3H2,1H3. The number of aryl methyl sites for hydroxylation is 1. The number of hydrogen-bond donors (Lipinski definition) is 0. The van der Waals surface area contributed by atoms with Crippen LogP contribution < -0.4 is 0 Å². The molecular formula is C14H13N3O. The van der Waals surface area contributed by atoms with E-state index in [1.165, 1.54) is 5.56 Å². The summed E-state index contributed by atoms with van der Waals surface area (Å²) in [7, 11) is 0. The van der Waals surface area contributed by atoms with E-state index in [2.05, 4.69) is 15.2 Å². The summed E-state index contributed by atoms with van der Waals surface area (Å²) >= 11 is 0. The Kier molecular flexibility index (Phi) is 2.76. The normalized spacial score (nSPS) is 14.6. The van der Waals surface area contributed by atoms with E-state index < -0.39 is 0 Å². The summed E-state index contributed by atoms with van der Waals surface area (Å²) in [4.78, 5) is 4.26. The zero-order valence-electron chi connectivity index (χ0n) is 10.1. The number of nitrogens with zero attached hydrogens (tertiary/aromatic N) is 3. The summed E-state index contributed by atoms with van der Waals surface area (Å²) in [6.45, 7) is 2.04. The summed E-state index contributed by atoms with van der Waals surface area (Å²) in [6.07, 6.45) is 5.85. The lowest BCUT2D eigenvalue weighted by Crippen LogP contribution is -1.88. The Morgan fingerprint density at radius 2 is 2.00 bits per heavy atom. The van der Waals surface area contributed by atoms with Gasteiger partial charge in [-0.25, -0.2) is 0 Å². The monoisotopic (exact) mass is 239 g/mol. The molecule has 0 saturated carbocycles. The highest BCUT2D eigenvalue weighted by molar-refractivity contribution is 5.73. The second-order valence-electron chi connectivity index (χ2n) is 4.26. The summed E-state index contributed by atoms with van der Waals surface area (Å²) in [5, 5.41) is 8.12. The average molecular weight is 239 g/mol. The van der Waals surface area contributed by atoms with Crippen LogP contribution in [0.15, 0.2) is 39.8 Å². The molecule has 0 saturated heterocycles. The van der Waals surface area contributed by atoms with Crippen molar-refractivity contribution < 1.29 is 4.42 Å². The number of aromatic nitrogens is 2. The van der Waals surface area contributed by atoms with Gasteiger partial charge in [0.15, 0.2) is 0 Å². The summed E-state index contributed by atoms with van der Waals surface area (Å²) in [6, 6.07) is 8.00. The first-order valence-corrected chi connectivity index (χ1v) is 5.96. The summed E-state index contributed by atoms with van der Waals surface area (Å²) < 4.78 is 5.66. The number of hydrogen-bond acceptors (Lipinski definition) is 4. The molecule has 18 heavy (non-hydrogen) atoms. The molecule has 1 aromatic carbocycles. The molecule has 0 spiro atoms. The highest BCUT2D eigenvalue weighted by Crippen LogP contribution is 2.24. The van der Waals surface area contributed by atoms with Gasteiger partial charge in [-0.1, -0.05) is 23.8 Å². The third-order valence-corrected chi connectivity index (χ3v) is 2.77. The highest BCUT2D eigenvalue weighted by Gasteiger charge is 2.12. The second-order valence-corrected chi connectivity index (χ2v) is 4.26. The molecule has 2 aromatic rings. The lowest BCUT2D eigenvalue weighted by atomic mass is 10.1. The minimum absolute atomic E-state index is 0.488. The van der Waals surface area contributed by atoms with Crippen LogP contribution in [0.3, 0.4) is 0 Å². The third-order valence-electron chi connectivity index (χ3n) is 2.77. The predicted molar refractivity (Wildman–Crippen MR) is 70.2 cm³/mol. The van der Waals surface area contributed by atoms with Crippen molar-refractivity contribution in [3.63, 3.8) is 0 Å². The molecule has 0 aliphatic carbocycles. The molecule has 0 radical (unpaired) electrons. The molecule has 0 N–H and O–H groups in total. The molecule has 3 rings (SSSR count). The quantitative estimate of drug-likeness (QED) is 0.808. The van der Waals surface area contributed by atoms with E-state index in [4.69, 9.17) is 4.42 Å². The van der Waals surface area contributed by atoms with Crippen LogP contribution in [-0.2, 0) is 0 Å². The van der Waals surface area contributed by atoms with Crippen LogP contribution in [0.1, 0.15) is 24.3 Å². The second kappa shape index (κ2) is 4.56. The minimum atomic E-state index is 0.488.